The zero-order valence-corrected chi connectivity index (χ0v) is 22.0. The molecule has 4 rings (SSSR count). The summed E-state index contributed by atoms with van der Waals surface area (Å²) in [5.41, 5.74) is 1.46. The molecule has 0 spiro atoms. The number of ether oxygens (including phenoxy) is 1. The van der Waals surface area contributed by atoms with E-state index >= 15 is 0 Å². The average Bonchev–Trinajstić information content (AvgIpc) is 2.80. The largest absolute Gasteiger partial charge is 0.486 e. The third-order valence-electron chi connectivity index (χ3n) is 5.02. The minimum Gasteiger partial charge on any atom is -0.486 e. The topological polar surface area (TPSA) is 56.5 Å². The average molecular weight is 608 g/mol. The predicted molar refractivity (Wildman–Crippen MR) is 141 cm³/mol. The molecule has 3 aromatic carbocycles. The van der Waals surface area contributed by atoms with Crippen LogP contribution in [0.1, 0.15) is 30.3 Å². The van der Waals surface area contributed by atoms with E-state index in [0.29, 0.717) is 49.5 Å². The maximum Gasteiger partial charge on any atom is 0.282 e. The summed E-state index contributed by atoms with van der Waals surface area (Å²) in [6.45, 7) is 2.05. The summed E-state index contributed by atoms with van der Waals surface area (Å²) in [7, 11) is 0. The van der Waals surface area contributed by atoms with Gasteiger partial charge < -0.3 is 4.74 Å². The molecule has 174 valence electrons. The molecule has 0 aliphatic rings. The predicted octanol–water partition coefficient (Wildman–Crippen LogP) is 7.13. The first-order valence-electron chi connectivity index (χ1n) is 10.5. The van der Waals surface area contributed by atoms with Gasteiger partial charge in [0.25, 0.3) is 5.56 Å². The number of halogens is 4. The Morgan fingerprint density at radius 2 is 1.97 bits per heavy atom. The van der Waals surface area contributed by atoms with Gasteiger partial charge in [0.2, 0.25) is 0 Å². The number of nitrogens with zero attached hydrogens (tertiary/aromatic N) is 3. The van der Waals surface area contributed by atoms with E-state index in [0.717, 1.165) is 10.9 Å². The van der Waals surface area contributed by atoms with Crippen LogP contribution < -0.4 is 10.3 Å². The highest BCUT2D eigenvalue weighted by Crippen LogP contribution is 2.35. The second kappa shape index (κ2) is 10.8. The van der Waals surface area contributed by atoms with Crippen LogP contribution in [0.4, 0.5) is 4.39 Å². The van der Waals surface area contributed by atoms with Gasteiger partial charge in [0.1, 0.15) is 18.2 Å². The molecule has 0 radical (unpaired) electrons. The van der Waals surface area contributed by atoms with Crippen molar-refractivity contribution in [2.24, 2.45) is 5.10 Å². The molecule has 1 aromatic heterocycles. The van der Waals surface area contributed by atoms with Crippen LogP contribution in [-0.2, 0) is 13.0 Å². The molecule has 4 aromatic rings. The summed E-state index contributed by atoms with van der Waals surface area (Å²) in [4.78, 5) is 17.8. The Balaban J connectivity index is 1.65. The molecule has 1 heterocycles. The van der Waals surface area contributed by atoms with E-state index in [1.165, 1.54) is 10.7 Å². The number of aryl methyl sites for hydroxylation is 1. The van der Waals surface area contributed by atoms with Crippen LogP contribution in [-0.4, -0.2) is 15.9 Å². The van der Waals surface area contributed by atoms with Crippen molar-refractivity contribution in [1.82, 2.24) is 9.66 Å². The lowest BCUT2D eigenvalue weighted by Crippen LogP contribution is -2.22. The van der Waals surface area contributed by atoms with Crippen LogP contribution in [0.3, 0.4) is 0 Å². The van der Waals surface area contributed by atoms with Gasteiger partial charge in [-0.1, -0.05) is 52.7 Å². The van der Waals surface area contributed by atoms with Crippen LogP contribution in [0, 0.1) is 5.82 Å². The van der Waals surface area contributed by atoms with E-state index in [2.05, 4.69) is 41.9 Å². The normalized spacial score (nSPS) is 11.4. The van der Waals surface area contributed by atoms with E-state index in [4.69, 9.17) is 16.3 Å². The Morgan fingerprint density at radius 1 is 1.18 bits per heavy atom. The minimum atomic E-state index is -0.345. The SMILES string of the molecule is CCCc1nc2ccc(Br)cc2c(=O)n1N=Cc1cc(Cl)c(OCc2ccccc2F)c(Br)c1. The molecule has 0 fully saturated rings. The Kier molecular flexibility index (Phi) is 7.80. The summed E-state index contributed by atoms with van der Waals surface area (Å²) < 4.78 is 22.3. The van der Waals surface area contributed by atoms with Gasteiger partial charge in [0.15, 0.2) is 5.75 Å². The summed E-state index contributed by atoms with van der Waals surface area (Å²) in [6.07, 6.45) is 2.96. The highest BCUT2D eigenvalue weighted by molar-refractivity contribution is 9.10. The molecule has 0 bridgehead atoms. The van der Waals surface area contributed by atoms with Crippen molar-refractivity contribution in [2.75, 3.05) is 0 Å². The molecule has 0 saturated carbocycles. The molecule has 0 atom stereocenters. The van der Waals surface area contributed by atoms with E-state index < -0.39 is 0 Å². The molecule has 0 saturated heterocycles. The second-order valence-electron chi connectivity index (χ2n) is 7.49. The highest BCUT2D eigenvalue weighted by Gasteiger charge is 2.13. The third-order valence-corrected chi connectivity index (χ3v) is 6.38. The molecule has 5 nitrogen and oxygen atoms in total. The van der Waals surface area contributed by atoms with E-state index in [9.17, 15) is 9.18 Å². The first kappa shape index (κ1) is 24.6. The lowest BCUT2D eigenvalue weighted by molar-refractivity contribution is 0.298. The van der Waals surface area contributed by atoms with Gasteiger partial charge in [-0.25, -0.2) is 9.37 Å². The maximum atomic E-state index is 13.9. The monoisotopic (exact) mass is 605 g/mol. The van der Waals surface area contributed by atoms with Crippen molar-refractivity contribution in [3.8, 4) is 5.75 Å². The molecule has 0 aliphatic carbocycles. The van der Waals surface area contributed by atoms with Crippen LogP contribution in [0.2, 0.25) is 5.02 Å². The van der Waals surface area contributed by atoms with E-state index in [-0.39, 0.29) is 18.0 Å². The fourth-order valence-corrected chi connectivity index (χ4v) is 4.73. The Bertz CT molecular complexity index is 1430. The zero-order chi connectivity index (χ0) is 24.2. The second-order valence-corrected chi connectivity index (χ2v) is 9.67. The van der Waals surface area contributed by atoms with Crippen LogP contribution in [0.25, 0.3) is 10.9 Å². The van der Waals surface area contributed by atoms with Crippen molar-refractivity contribution >= 4 is 60.6 Å². The van der Waals surface area contributed by atoms with Crippen LogP contribution >= 0.6 is 43.5 Å². The van der Waals surface area contributed by atoms with Crippen molar-refractivity contribution in [1.29, 1.82) is 0 Å². The van der Waals surface area contributed by atoms with Gasteiger partial charge in [0, 0.05) is 16.5 Å². The molecule has 9 heteroatoms. The lowest BCUT2D eigenvalue weighted by atomic mass is 10.2. The van der Waals surface area contributed by atoms with Gasteiger partial charge in [-0.3, -0.25) is 4.79 Å². The molecule has 0 aliphatic heterocycles. The van der Waals surface area contributed by atoms with Crippen molar-refractivity contribution in [3.63, 3.8) is 0 Å². The molecular weight excluding hydrogens is 589 g/mol. The van der Waals surface area contributed by atoms with Gasteiger partial charge in [-0.05, 0) is 64.3 Å². The summed E-state index contributed by atoms with van der Waals surface area (Å²) in [5.74, 6) is 0.625. The van der Waals surface area contributed by atoms with Crippen molar-refractivity contribution < 1.29 is 9.13 Å². The maximum absolute atomic E-state index is 13.9. The quantitative estimate of drug-likeness (QED) is 0.210. The van der Waals surface area contributed by atoms with Gasteiger partial charge >= 0.3 is 0 Å². The Hall–Kier alpha value is -2.55. The number of hydrogen-bond acceptors (Lipinski definition) is 4. The number of rotatable bonds is 7. The van der Waals surface area contributed by atoms with E-state index in [1.807, 2.05) is 19.1 Å². The smallest absolute Gasteiger partial charge is 0.282 e. The zero-order valence-electron chi connectivity index (χ0n) is 18.1. The van der Waals surface area contributed by atoms with Crippen LogP contribution in [0.5, 0.6) is 5.75 Å². The van der Waals surface area contributed by atoms with Crippen LogP contribution in [0.15, 0.2) is 73.4 Å². The standard InChI is InChI=1S/C25H19Br2ClFN3O2/c1-2-5-23-31-22-9-8-17(26)12-18(22)25(33)32(23)30-13-15-10-19(27)24(20(28)11-15)34-14-16-6-3-4-7-21(16)29/h3-4,6-13H,2,5,14H2,1H3. The summed E-state index contributed by atoms with van der Waals surface area (Å²) in [5, 5.41) is 5.23. The minimum absolute atomic E-state index is 0.0342. The van der Waals surface area contributed by atoms with Gasteiger partial charge in [-0.2, -0.15) is 9.78 Å². The van der Waals surface area contributed by atoms with E-state index in [1.54, 1.807) is 42.6 Å². The Labute approximate surface area is 217 Å². The third kappa shape index (κ3) is 5.40. The molecule has 0 N–H and O–H groups in total. The summed E-state index contributed by atoms with van der Waals surface area (Å²) in [6, 6.07) is 15.2. The number of benzene rings is 3. The summed E-state index contributed by atoms with van der Waals surface area (Å²) >= 11 is 13.3. The van der Waals surface area contributed by atoms with Gasteiger partial charge in [-0.15, -0.1) is 0 Å². The Morgan fingerprint density at radius 3 is 2.71 bits per heavy atom. The van der Waals surface area contributed by atoms with Gasteiger partial charge in [0.05, 0.1) is 26.6 Å². The number of hydrogen-bond donors (Lipinski definition) is 0. The number of fused-ring (bicyclic) bond motifs is 1. The van der Waals surface area contributed by atoms with Crippen molar-refractivity contribution in [3.05, 3.63) is 102 Å². The fraction of sp³-hybridized carbons (Fsp3) is 0.160. The molecular formula is C25H19Br2ClFN3O2. The lowest BCUT2D eigenvalue weighted by Gasteiger charge is -2.12. The fourth-order valence-electron chi connectivity index (χ4n) is 3.38. The van der Waals surface area contributed by atoms with Crippen molar-refractivity contribution in [2.45, 2.75) is 26.4 Å². The molecule has 0 unspecified atom stereocenters. The number of aromatic nitrogens is 2. The molecule has 34 heavy (non-hydrogen) atoms. The highest BCUT2D eigenvalue weighted by atomic mass is 79.9. The first-order valence-corrected chi connectivity index (χ1v) is 12.4. The molecule has 0 amide bonds. The first-order chi connectivity index (χ1) is 16.4.